The summed E-state index contributed by atoms with van der Waals surface area (Å²) in [5, 5.41) is 2.79. The number of fused-ring (bicyclic) bond motifs is 1. The molecule has 2 aliphatic rings. The standard InChI is InChI=1S/C20H23N3O4/c1-12-10-16(20(25)22-7-6-21-19(24)14(22)3)13(2)23(12)15-4-5-17-18(11-15)27-9-8-26-17/h4-5,10-11,14H,6-9H2,1-3H3,(H,21,24). The summed E-state index contributed by atoms with van der Waals surface area (Å²) in [6.07, 6.45) is 0. The summed E-state index contributed by atoms with van der Waals surface area (Å²) in [7, 11) is 0. The van der Waals surface area contributed by atoms with E-state index >= 15 is 0 Å². The van der Waals surface area contributed by atoms with Crippen molar-refractivity contribution in [3.8, 4) is 17.2 Å². The Labute approximate surface area is 157 Å². The highest BCUT2D eigenvalue weighted by Crippen LogP contribution is 2.33. The molecule has 142 valence electrons. The average Bonchev–Trinajstić information content (AvgIpc) is 2.97. The fraction of sp³-hybridized carbons (Fsp3) is 0.400. The van der Waals surface area contributed by atoms with Crippen LogP contribution in [-0.4, -0.2) is 53.6 Å². The smallest absolute Gasteiger partial charge is 0.256 e. The van der Waals surface area contributed by atoms with Crippen molar-refractivity contribution >= 4 is 11.8 Å². The van der Waals surface area contributed by atoms with E-state index in [1.54, 1.807) is 11.8 Å². The number of hydrogen-bond donors (Lipinski definition) is 1. The van der Waals surface area contributed by atoms with E-state index < -0.39 is 6.04 Å². The average molecular weight is 369 g/mol. The van der Waals surface area contributed by atoms with Gasteiger partial charge < -0.3 is 24.3 Å². The molecule has 1 aromatic heterocycles. The van der Waals surface area contributed by atoms with Crippen LogP contribution < -0.4 is 14.8 Å². The molecular formula is C20H23N3O4. The quantitative estimate of drug-likeness (QED) is 0.877. The summed E-state index contributed by atoms with van der Waals surface area (Å²) in [6.45, 7) is 7.72. The molecule has 4 rings (SSSR count). The van der Waals surface area contributed by atoms with Crippen LogP contribution >= 0.6 is 0 Å². The largest absolute Gasteiger partial charge is 0.486 e. The number of ether oxygens (including phenoxy) is 2. The van der Waals surface area contributed by atoms with Crippen molar-refractivity contribution in [2.24, 2.45) is 0 Å². The number of carbonyl (C=O) groups excluding carboxylic acids is 2. The molecule has 7 heteroatoms. The van der Waals surface area contributed by atoms with Crippen molar-refractivity contribution in [2.75, 3.05) is 26.3 Å². The van der Waals surface area contributed by atoms with Gasteiger partial charge in [0.15, 0.2) is 11.5 Å². The molecule has 2 amide bonds. The zero-order chi connectivity index (χ0) is 19.1. The van der Waals surface area contributed by atoms with E-state index in [-0.39, 0.29) is 11.8 Å². The fourth-order valence-electron chi connectivity index (χ4n) is 3.76. The third kappa shape index (κ3) is 2.93. The minimum atomic E-state index is -0.469. The molecule has 2 aromatic rings. The highest BCUT2D eigenvalue weighted by Gasteiger charge is 2.31. The van der Waals surface area contributed by atoms with E-state index in [4.69, 9.17) is 9.47 Å². The number of aromatic nitrogens is 1. The summed E-state index contributed by atoms with van der Waals surface area (Å²) in [6, 6.07) is 7.19. The normalized spacial score (nSPS) is 19.0. The van der Waals surface area contributed by atoms with E-state index in [0.717, 1.165) is 22.8 Å². The Balaban J connectivity index is 1.70. The maximum absolute atomic E-state index is 13.1. The molecule has 1 atom stereocenters. The van der Waals surface area contributed by atoms with Crippen molar-refractivity contribution in [3.63, 3.8) is 0 Å². The number of hydrogen-bond acceptors (Lipinski definition) is 4. The zero-order valence-electron chi connectivity index (χ0n) is 15.7. The van der Waals surface area contributed by atoms with Gasteiger partial charge in [-0.1, -0.05) is 0 Å². The molecule has 0 radical (unpaired) electrons. The Bertz CT molecular complexity index is 918. The van der Waals surface area contributed by atoms with Crippen molar-refractivity contribution < 1.29 is 19.1 Å². The lowest BCUT2D eigenvalue weighted by atomic mass is 10.1. The summed E-state index contributed by atoms with van der Waals surface area (Å²) < 4.78 is 13.3. The van der Waals surface area contributed by atoms with Crippen LogP contribution in [0.1, 0.15) is 28.7 Å². The molecule has 7 nitrogen and oxygen atoms in total. The van der Waals surface area contributed by atoms with Crippen LogP contribution in [0.5, 0.6) is 11.5 Å². The lowest BCUT2D eigenvalue weighted by Gasteiger charge is -2.32. The number of piperazine rings is 1. The summed E-state index contributed by atoms with van der Waals surface area (Å²) >= 11 is 0. The van der Waals surface area contributed by atoms with Gasteiger partial charge in [-0.05, 0) is 39.0 Å². The third-order valence-electron chi connectivity index (χ3n) is 5.21. The van der Waals surface area contributed by atoms with Crippen molar-refractivity contribution in [2.45, 2.75) is 26.8 Å². The van der Waals surface area contributed by atoms with Crippen LogP contribution in [0.25, 0.3) is 5.69 Å². The number of aryl methyl sites for hydroxylation is 1. The number of nitrogens with zero attached hydrogens (tertiary/aromatic N) is 2. The molecule has 0 aliphatic carbocycles. The minimum Gasteiger partial charge on any atom is -0.486 e. The predicted octanol–water partition coefficient (Wildman–Crippen LogP) is 1.83. The van der Waals surface area contributed by atoms with Crippen LogP contribution in [0, 0.1) is 13.8 Å². The van der Waals surface area contributed by atoms with Gasteiger partial charge in [0.2, 0.25) is 5.91 Å². The molecule has 0 saturated carbocycles. The van der Waals surface area contributed by atoms with Gasteiger partial charge in [-0.15, -0.1) is 0 Å². The lowest BCUT2D eigenvalue weighted by molar-refractivity contribution is -0.127. The first-order valence-electron chi connectivity index (χ1n) is 9.15. The van der Waals surface area contributed by atoms with E-state index in [9.17, 15) is 9.59 Å². The van der Waals surface area contributed by atoms with Crippen LogP contribution in [0.15, 0.2) is 24.3 Å². The van der Waals surface area contributed by atoms with Gasteiger partial charge in [0.25, 0.3) is 5.91 Å². The first-order chi connectivity index (χ1) is 13.0. The van der Waals surface area contributed by atoms with E-state index in [1.165, 1.54) is 0 Å². The fourth-order valence-corrected chi connectivity index (χ4v) is 3.76. The number of benzene rings is 1. The SMILES string of the molecule is Cc1cc(C(=O)N2CCNC(=O)C2C)c(C)n1-c1ccc2c(c1)OCCO2. The van der Waals surface area contributed by atoms with Crippen LogP contribution in [-0.2, 0) is 4.79 Å². The molecule has 0 spiro atoms. The zero-order valence-corrected chi connectivity index (χ0v) is 15.7. The van der Waals surface area contributed by atoms with Gasteiger partial charge in [0.05, 0.1) is 5.56 Å². The van der Waals surface area contributed by atoms with Crippen LogP contribution in [0.3, 0.4) is 0 Å². The molecule has 0 bridgehead atoms. The Hall–Kier alpha value is -2.96. The predicted molar refractivity (Wildman–Crippen MR) is 99.7 cm³/mol. The Morgan fingerprint density at radius 2 is 1.89 bits per heavy atom. The second-order valence-electron chi connectivity index (χ2n) is 6.91. The molecule has 3 heterocycles. The minimum absolute atomic E-state index is 0.116. The summed E-state index contributed by atoms with van der Waals surface area (Å²) in [5.41, 5.74) is 3.32. The first-order valence-corrected chi connectivity index (χ1v) is 9.15. The molecule has 1 saturated heterocycles. The highest BCUT2D eigenvalue weighted by atomic mass is 16.6. The van der Waals surface area contributed by atoms with Gasteiger partial charge in [-0.25, -0.2) is 0 Å². The number of nitrogens with one attached hydrogen (secondary N) is 1. The Kier molecular flexibility index (Phi) is 4.30. The molecule has 1 aromatic carbocycles. The van der Waals surface area contributed by atoms with Gasteiger partial charge in [0, 0.05) is 36.2 Å². The van der Waals surface area contributed by atoms with Gasteiger partial charge in [-0.2, -0.15) is 0 Å². The summed E-state index contributed by atoms with van der Waals surface area (Å²) in [4.78, 5) is 26.6. The topological polar surface area (TPSA) is 72.8 Å². The number of amides is 2. The van der Waals surface area contributed by atoms with Gasteiger partial charge in [-0.3, -0.25) is 9.59 Å². The summed E-state index contributed by atoms with van der Waals surface area (Å²) in [5.74, 6) is 1.21. The first kappa shape index (κ1) is 17.5. The van der Waals surface area contributed by atoms with Crippen LogP contribution in [0.4, 0.5) is 0 Å². The van der Waals surface area contributed by atoms with Crippen LogP contribution in [0.2, 0.25) is 0 Å². The highest BCUT2D eigenvalue weighted by molar-refractivity contribution is 5.99. The maximum atomic E-state index is 13.1. The molecule has 2 aliphatic heterocycles. The monoisotopic (exact) mass is 369 g/mol. The van der Waals surface area contributed by atoms with E-state index in [2.05, 4.69) is 5.32 Å². The van der Waals surface area contributed by atoms with Gasteiger partial charge >= 0.3 is 0 Å². The lowest BCUT2D eigenvalue weighted by Crippen LogP contribution is -2.55. The maximum Gasteiger partial charge on any atom is 0.256 e. The van der Waals surface area contributed by atoms with Crippen molar-refractivity contribution in [1.29, 1.82) is 0 Å². The number of carbonyl (C=O) groups is 2. The molecule has 1 unspecified atom stereocenters. The Morgan fingerprint density at radius 3 is 2.67 bits per heavy atom. The number of rotatable bonds is 2. The molecular weight excluding hydrogens is 346 g/mol. The van der Waals surface area contributed by atoms with E-state index in [1.807, 2.05) is 42.7 Å². The van der Waals surface area contributed by atoms with Crippen molar-refractivity contribution in [1.82, 2.24) is 14.8 Å². The van der Waals surface area contributed by atoms with Gasteiger partial charge in [0.1, 0.15) is 19.3 Å². The molecule has 1 N–H and O–H groups in total. The second-order valence-corrected chi connectivity index (χ2v) is 6.91. The Morgan fingerprint density at radius 1 is 1.15 bits per heavy atom. The van der Waals surface area contributed by atoms with E-state index in [0.29, 0.717) is 37.6 Å². The second kappa shape index (κ2) is 6.64. The molecule has 27 heavy (non-hydrogen) atoms. The molecule has 1 fully saturated rings. The third-order valence-corrected chi connectivity index (χ3v) is 5.21. The van der Waals surface area contributed by atoms with Crippen molar-refractivity contribution in [3.05, 3.63) is 41.2 Å².